The molecule has 0 bridgehead atoms. The number of anilines is 1. The van der Waals surface area contributed by atoms with Crippen molar-refractivity contribution < 1.29 is 0 Å². The molecule has 94 valence electrons. The molecule has 1 saturated heterocycles. The van der Waals surface area contributed by atoms with Crippen LogP contribution in [0, 0.1) is 0 Å². The minimum absolute atomic E-state index is 0.721. The summed E-state index contributed by atoms with van der Waals surface area (Å²) in [5.41, 5.74) is 0.921. The molecule has 0 N–H and O–H groups in total. The molecule has 1 aromatic heterocycles. The van der Waals surface area contributed by atoms with Gasteiger partial charge < -0.3 is 4.90 Å². The van der Waals surface area contributed by atoms with Gasteiger partial charge in [0, 0.05) is 29.3 Å². The van der Waals surface area contributed by atoms with Crippen molar-refractivity contribution in [2.75, 3.05) is 29.5 Å². The number of halogens is 1. The van der Waals surface area contributed by atoms with E-state index in [4.69, 9.17) is 11.6 Å². The lowest BCUT2D eigenvalue weighted by atomic mass is 10.2. The van der Waals surface area contributed by atoms with E-state index in [1.807, 2.05) is 30.0 Å². The van der Waals surface area contributed by atoms with E-state index >= 15 is 0 Å². The van der Waals surface area contributed by atoms with E-state index in [2.05, 4.69) is 14.9 Å². The zero-order chi connectivity index (χ0) is 12.4. The number of rotatable bonds is 1. The van der Waals surface area contributed by atoms with Crippen LogP contribution in [0.25, 0.3) is 10.9 Å². The molecular formula is C13H14ClN3S. The van der Waals surface area contributed by atoms with E-state index in [9.17, 15) is 0 Å². The second-order valence-electron chi connectivity index (χ2n) is 4.31. The molecule has 0 amide bonds. The van der Waals surface area contributed by atoms with Crippen molar-refractivity contribution in [1.29, 1.82) is 0 Å². The van der Waals surface area contributed by atoms with Crippen LogP contribution in [0.1, 0.15) is 6.42 Å². The lowest BCUT2D eigenvalue weighted by Crippen LogP contribution is -2.26. The summed E-state index contributed by atoms with van der Waals surface area (Å²) in [5, 5.41) is 1.81. The normalized spacial score (nSPS) is 16.8. The van der Waals surface area contributed by atoms with Gasteiger partial charge in [-0.2, -0.15) is 11.8 Å². The fourth-order valence-electron chi connectivity index (χ4n) is 2.23. The standard InChI is InChI=1S/C13H14ClN3S/c14-10-2-3-11-12(8-10)15-9-16-13(11)17-4-1-6-18-7-5-17/h2-3,8-9H,1,4-7H2. The van der Waals surface area contributed by atoms with Crippen LogP contribution in [-0.4, -0.2) is 34.6 Å². The first kappa shape index (κ1) is 12.1. The molecule has 1 aromatic carbocycles. The maximum absolute atomic E-state index is 6.01. The van der Waals surface area contributed by atoms with Gasteiger partial charge in [-0.15, -0.1) is 0 Å². The third-order valence-electron chi connectivity index (χ3n) is 3.10. The van der Waals surface area contributed by atoms with E-state index < -0.39 is 0 Å². The van der Waals surface area contributed by atoms with Gasteiger partial charge in [0.2, 0.25) is 0 Å². The molecule has 0 unspecified atom stereocenters. The predicted octanol–water partition coefficient (Wildman–Crippen LogP) is 3.23. The van der Waals surface area contributed by atoms with Crippen LogP contribution in [0.15, 0.2) is 24.5 Å². The highest BCUT2D eigenvalue weighted by Crippen LogP contribution is 2.26. The van der Waals surface area contributed by atoms with Crippen molar-refractivity contribution in [2.45, 2.75) is 6.42 Å². The molecule has 18 heavy (non-hydrogen) atoms. The minimum atomic E-state index is 0.721. The first-order valence-corrected chi connectivity index (χ1v) is 7.61. The van der Waals surface area contributed by atoms with E-state index in [-0.39, 0.29) is 0 Å². The first-order chi connectivity index (χ1) is 8.84. The van der Waals surface area contributed by atoms with Crippen molar-refractivity contribution in [1.82, 2.24) is 9.97 Å². The zero-order valence-electron chi connectivity index (χ0n) is 9.97. The number of hydrogen-bond donors (Lipinski definition) is 0. The van der Waals surface area contributed by atoms with Crippen LogP contribution >= 0.6 is 23.4 Å². The Morgan fingerprint density at radius 3 is 3.06 bits per heavy atom. The Hall–Kier alpha value is -1.00. The minimum Gasteiger partial charge on any atom is -0.355 e. The number of benzene rings is 1. The first-order valence-electron chi connectivity index (χ1n) is 6.07. The SMILES string of the molecule is Clc1ccc2c(N3CCCSCC3)ncnc2c1. The molecule has 0 atom stereocenters. The molecular weight excluding hydrogens is 266 g/mol. The summed E-state index contributed by atoms with van der Waals surface area (Å²) in [6, 6.07) is 5.82. The van der Waals surface area contributed by atoms with Crippen LogP contribution in [0.5, 0.6) is 0 Å². The highest BCUT2D eigenvalue weighted by Gasteiger charge is 2.14. The number of nitrogens with zero attached hydrogens (tertiary/aromatic N) is 3. The van der Waals surface area contributed by atoms with Gasteiger partial charge in [-0.3, -0.25) is 0 Å². The fourth-order valence-corrected chi connectivity index (χ4v) is 3.28. The summed E-state index contributed by atoms with van der Waals surface area (Å²) in [7, 11) is 0. The molecule has 0 aliphatic carbocycles. The van der Waals surface area contributed by atoms with Gasteiger partial charge in [-0.05, 0) is 30.4 Å². The predicted molar refractivity (Wildman–Crippen MR) is 78.7 cm³/mol. The molecule has 1 aliphatic rings. The zero-order valence-corrected chi connectivity index (χ0v) is 11.5. The van der Waals surface area contributed by atoms with E-state index in [1.54, 1.807) is 6.33 Å². The molecule has 0 saturated carbocycles. The largest absolute Gasteiger partial charge is 0.355 e. The lowest BCUT2D eigenvalue weighted by molar-refractivity contribution is 0.804. The Balaban J connectivity index is 2.04. The maximum Gasteiger partial charge on any atom is 0.139 e. The van der Waals surface area contributed by atoms with Crippen molar-refractivity contribution in [2.24, 2.45) is 0 Å². The molecule has 3 nitrogen and oxygen atoms in total. The summed E-state index contributed by atoms with van der Waals surface area (Å²) >= 11 is 8.02. The number of fused-ring (bicyclic) bond motifs is 1. The van der Waals surface area contributed by atoms with Crippen molar-refractivity contribution in [3.05, 3.63) is 29.5 Å². The Kier molecular flexibility index (Phi) is 3.57. The summed E-state index contributed by atoms with van der Waals surface area (Å²) < 4.78 is 0. The van der Waals surface area contributed by atoms with Crippen LogP contribution in [-0.2, 0) is 0 Å². The number of thioether (sulfide) groups is 1. The Labute approximate surface area is 116 Å². The van der Waals surface area contributed by atoms with Crippen LogP contribution in [0.2, 0.25) is 5.02 Å². The summed E-state index contributed by atoms with van der Waals surface area (Å²) in [4.78, 5) is 11.1. The molecule has 0 radical (unpaired) electrons. The molecule has 1 fully saturated rings. The molecule has 1 aliphatic heterocycles. The monoisotopic (exact) mass is 279 g/mol. The van der Waals surface area contributed by atoms with Gasteiger partial charge in [-0.25, -0.2) is 9.97 Å². The van der Waals surface area contributed by atoms with Crippen molar-refractivity contribution in [3.8, 4) is 0 Å². The highest BCUT2D eigenvalue weighted by atomic mass is 35.5. The quantitative estimate of drug-likeness (QED) is 0.801. The highest BCUT2D eigenvalue weighted by molar-refractivity contribution is 7.99. The van der Waals surface area contributed by atoms with Gasteiger partial charge >= 0.3 is 0 Å². The van der Waals surface area contributed by atoms with Gasteiger partial charge in [0.15, 0.2) is 0 Å². The van der Waals surface area contributed by atoms with Crippen molar-refractivity contribution >= 4 is 40.1 Å². The second kappa shape index (κ2) is 5.33. The Bertz CT molecular complexity index is 553. The summed E-state index contributed by atoms with van der Waals surface area (Å²) in [6.45, 7) is 2.13. The average molecular weight is 280 g/mol. The third kappa shape index (κ3) is 2.40. The molecule has 5 heteroatoms. The molecule has 2 aromatic rings. The van der Waals surface area contributed by atoms with Crippen LogP contribution in [0.4, 0.5) is 5.82 Å². The van der Waals surface area contributed by atoms with Gasteiger partial charge in [0.05, 0.1) is 5.52 Å². The third-order valence-corrected chi connectivity index (χ3v) is 4.38. The summed E-state index contributed by atoms with van der Waals surface area (Å²) in [6.07, 6.45) is 2.84. The van der Waals surface area contributed by atoms with E-state index in [1.165, 1.54) is 17.9 Å². The molecule has 3 rings (SSSR count). The van der Waals surface area contributed by atoms with Crippen LogP contribution in [0.3, 0.4) is 0 Å². The summed E-state index contributed by atoms with van der Waals surface area (Å²) in [5.74, 6) is 3.45. The smallest absolute Gasteiger partial charge is 0.139 e. The van der Waals surface area contributed by atoms with Crippen LogP contribution < -0.4 is 4.90 Å². The second-order valence-corrected chi connectivity index (χ2v) is 5.97. The average Bonchev–Trinajstić information content (AvgIpc) is 2.66. The van der Waals surface area contributed by atoms with Crippen molar-refractivity contribution in [3.63, 3.8) is 0 Å². The Morgan fingerprint density at radius 2 is 2.11 bits per heavy atom. The Morgan fingerprint density at radius 1 is 1.17 bits per heavy atom. The lowest BCUT2D eigenvalue weighted by Gasteiger charge is -2.22. The van der Waals surface area contributed by atoms with Gasteiger partial charge in [0.1, 0.15) is 12.1 Å². The van der Waals surface area contributed by atoms with Gasteiger partial charge in [-0.1, -0.05) is 11.6 Å². The number of aromatic nitrogens is 2. The van der Waals surface area contributed by atoms with E-state index in [0.29, 0.717) is 0 Å². The molecule has 0 spiro atoms. The van der Waals surface area contributed by atoms with E-state index in [0.717, 1.165) is 34.8 Å². The fraction of sp³-hybridized carbons (Fsp3) is 0.385. The topological polar surface area (TPSA) is 29.0 Å². The van der Waals surface area contributed by atoms with Gasteiger partial charge in [0.25, 0.3) is 0 Å². The maximum atomic E-state index is 6.01. The number of hydrogen-bond acceptors (Lipinski definition) is 4. The molecule has 2 heterocycles.